The van der Waals surface area contributed by atoms with E-state index in [9.17, 15) is 9.59 Å². The zero-order valence-electron chi connectivity index (χ0n) is 15.0. The molecule has 0 radical (unpaired) electrons. The number of nitrogens with one attached hydrogen (secondary N) is 2. The topological polar surface area (TPSA) is 88.9 Å². The summed E-state index contributed by atoms with van der Waals surface area (Å²) in [5.74, 6) is 0.345. The summed E-state index contributed by atoms with van der Waals surface area (Å²) < 4.78 is 1.83. The summed E-state index contributed by atoms with van der Waals surface area (Å²) in [4.78, 5) is 24.0. The van der Waals surface area contributed by atoms with Crippen LogP contribution in [0.4, 0.5) is 4.79 Å². The lowest BCUT2D eigenvalue weighted by atomic mass is 10.1. The summed E-state index contributed by atoms with van der Waals surface area (Å²) in [7, 11) is 1.85. The Kier molecular flexibility index (Phi) is 5.84. The first-order valence-corrected chi connectivity index (χ1v) is 8.80. The first kappa shape index (κ1) is 19.0. The molecule has 134 valence electrons. The number of benzene rings is 1. The molecule has 8 heteroatoms. The van der Waals surface area contributed by atoms with E-state index in [1.807, 2.05) is 62.7 Å². The predicted octanol–water partition coefficient (Wildman–Crippen LogP) is 2.59. The van der Waals surface area contributed by atoms with E-state index in [1.54, 1.807) is 6.92 Å². The third kappa shape index (κ3) is 5.32. The highest BCUT2D eigenvalue weighted by atomic mass is 32.2. The Morgan fingerprint density at radius 2 is 1.80 bits per heavy atom. The highest BCUT2D eigenvalue weighted by Crippen LogP contribution is 2.25. The van der Waals surface area contributed by atoms with Crippen LogP contribution in [-0.4, -0.2) is 37.5 Å². The van der Waals surface area contributed by atoms with Gasteiger partial charge in [0, 0.05) is 18.2 Å². The molecule has 0 saturated heterocycles. The number of nitrogens with zero attached hydrogens (tertiary/aromatic N) is 3. The zero-order valence-corrected chi connectivity index (χ0v) is 15.8. The lowest BCUT2D eigenvalue weighted by molar-refractivity contribution is -0.119. The summed E-state index contributed by atoms with van der Waals surface area (Å²) in [6.07, 6.45) is 0. The molecule has 3 amide bonds. The average Bonchev–Trinajstić information content (AvgIpc) is 2.87. The lowest BCUT2D eigenvalue weighted by Crippen LogP contribution is -2.49. The highest BCUT2D eigenvalue weighted by Gasteiger charge is 2.22. The number of hydrogen-bond acceptors (Lipinski definition) is 5. The van der Waals surface area contributed by atoms with E-state index in [1.165, 1.54) is 11.8 Å². The van der Waals surface area contributed by atoms with Gasteiger partial charge in [0.05, 0.1) is 5.25 Å². The van der Waals surface area contributed by atoms with Crippen molar-refractivity contribution in [2.75, 3.05) is 0 Å². The van der Waals surface area contributed by atoms with Gasteiger partial charge in [-0.15, -0.1) is 10.2 Å². The number of carbonyl (C=O) groups is 2. The number of amides is 3. The summed E-state index contributed by atoms with van der Waals surface area (Å²) in [5.41, 5.74) is 0.542. The molecule has 1 aromatic carbocycles. The number of thioether (sulfide) groups is 1. The molecule has 7 nitrogen and oxygen atoms in total. The van der Waals surface area contributed by atoms with Crippen LogP contribution in [0.15, 0.2) is 35.5 Å². The Balaban J connectivity index is 2.01. The molecule has 2 N–H and O–H groups in total. The SMILES string of the molecule is CC(Sc1nnc(-c2ccccc2)n1C)C(=O)NC(=O)NC(C)(C)C. The Morgan fingerprint density at radius 1 is 1.16 bits per heavy atom. The Morgan fingerprint density at radius 3 is 2.40 bits per heavy atom. The summed E-state index contributed by atoms with van der Waals surface area (Å²) in [5, 5.41) is 13.5. The largest absolute Gasteiger partial charge is 0.333 e. The quantitative estimate of drug-likeness (QED) is 0.817. The maximum absolute atomic E-state index is 12.2. The lowest BCUT2D eigenvalue weighted by Gasteiger charge is -2.21. The molecular formula is C17H23N5O2S. The molecule has 25 heavy (non-hydrogen) atoms. The van der Waals surface area contributed by atoms with Gasteiger partial charge in [0.1, 0.15) is 0 Å². The minimum atomic E-state index is -0.507. The highest BCUT2D eigenvalue weighted by molar-refractivity contribution is 8.00. The van der Waals surface area contributed by atoms with E-state index < -0.39 is 16.8 Å². The molecule has 0 saturated carbocycles. The van der Waals surface area contributed by atoms with E-state index >= 15 is 0 Å². The fraction of sp³-hybridized carbons (Fsp3) is 0.412. The van der Waals surface area contributed by atoms with Gasteiger partial charge in [0.25, 0.3) is 0 Å². The van der Waals surface area contributed by atoms with Crippen LogP contribution >= 0.6 is 11.8 Å². The number of rotatable bonds is 4. The van der Waals surface area contributed by atoms with Crippen LogP contribution in [-0.2, 0) is 11.8 Å². The first-order valence-electron chi connectivity index (χ1n) is 7.92. The van der Waals surface area contributed by atoms with Crippen molar-refractivity contribution in [2.45, 2.75) is 43.6 Å². The molecule has 1 heterocycles. The minimum Gasteiger partial charge on any atom is -0.333 e. The van der Waals surface area contributed by atoms with Crippen LogP contribution < -0.4 is 10.6 Å². The van der Waals surface area contributed by atoms with Gasteiger partial charge in [-0.05, 0) is 27.7 Å². The Bertz CT molecular complexity index is 752. The summed E-state index contributed by atoms with van der Waals surface area (Å²) in [6.45, 7) is 7.26. The van der Waals surface area contributed by atoms with Gasteiger partial charge < -0.3 is 9.88 Å². The summed E-state index contributed by atoms with van der Waals surface area (Å²) >= 11 is 1.25. The van der Waals surface area contributed by atoms with Crippen molar-refractivity contribution >= 4 is 23.7 Å². The van der Waals surface area contributed by atoms with Gasteiger partial charge in [-0.1, -0.05) is 42.1 Å². The number of carbonyl (C=O) groups excluding carboxylic acids is 2. The summed E-state index contributed by atoms with van der Waals surface area (Å²) in [6, 6.07) is 9.19. The zero-order chi connectivity index (χ0) is 18.6. The molecule has 0 bridgehead atoms. The minimum absolute atomic E-state index is 0.379. The molecule has 0 aliphatic heterocycles. The first-order chi connectivity index (χ1) is 11.7. The van der Waals surface area contributed by atoms with E-state index in [4.69, 9.17) is 0 Å². The van der Waals surface area contributed by atoms with Crippen LogP contribution in [0.3, 0.4) is 0 Å². The second-order valence-electron chi connectivity index (χ2n) is 6.68. The van der Waals surface area contributed by atoms with Gasteiger partial charge in [-0.25, -0.2) is 4.79 Å². The van der Waals surface area contributed by atoms with Crippen molar-refractivity contribution < 1.29 is 9.59 Å². The fourth-order valence-electron chi connectivity index (χ4n) is 2.05. The molecule has 2 rings (SSSR count). The molecule has 1 unspecified atom stereocenters. The van der Waals surface area contributed by atoms with E-state index in [0.29, 0.717) is 5.16 Å². The van der Waals surface area contributed by atoms with Crippen LogP contribution in [0.1, 0.15) is 27.7 Å². The molecule has 0 aliphatic rings. The average molecular weight is 361 g/mol. The van der Waals surface area contributed by atoms with Crippen molar-refractivity contribution in [3.05, 3.63) is 30.3 Å². The third-order valence-corrected chi connectivity index (χ3v) is 4.38. The Hall–Kier alpha value is -2.35. The van der Waals surface area contributed by atoms with Crippen molar-refractivity contribution in [3.63, 3.8) is 0 Å². The molecule has 0 fully saturated rings. The van der Waals surface area contributed by atoms with Crippen LogP contribution in [0.25, 0.3) is 11.4 Å². The molecule has 1 aromatic heterocycles. The van der Waals surface area contributed by atoms with Crippen LogP contribution in [0.2, 0.25) is 0 Å². The second kappa shape index (κ2) is 7.69. The van der Waals surface area contributed by atoms with Gasteiger partial charge in [-0.3, -0.25) is 10.1 Å². The molecule has 0 spiro atoms. The van der Waals surface area contributed by atoms with Crippen molar-refractivity contribution in [1.82, 2.24) is 25.4 Å². The van der Waals surface area contributed by atoms with Crippen LogP contribution in [0.5, 0.6) is 0 Å². The number of imide groups is 1. The maximum atomic E-state index is 12.2. The number of aromatic nitrogens is 3. The number of urea groups is 1. The van der Waals surface area contributed by atoms with Crippen LogP contribution in [0, 0.1) is 0 Å². The van der Waals surface area contributed by atoms with Gasteiger partial charge in [0.2, 0.25) is 5.91 Å². The normalized spacial score (nSPS) is 12.5. The van der Waals surface area contributed by atoms with Crippen molar-refractivity contribution in [2.24, 2.45) is 7.05 Å². The van der Waals surface area contributed by atoms with E-state index in [0.717, 1.165) is 11.4 Å². The maximum Gasteiger partial charge on any atom is 0.321 e. The molecule has 2 aromatic rings. The van der Waals surface area contributed by atoms with Crippen molar-refractivity contribution in [3.8, 4) is 11.4 Å². The van der Waals surface area contributed by atoms with E-state index in [-0.39, 0.29) is 5.91 Å². The monoisotopic (exact) mass is 361 g/mol. The second-order valence-corrected chi connectivity index (χ2v) is 7.99. The van der Waals surface area contributed by atoms with Gasteiger partial charge >= 0.3 is 6.03 Å². The molecular weight excluding hydrogens is 338 g/mol. The fourth-order valence-corrected chi connectivity index (χ4v) is 2.87. The van der Waals surface area contributed by atoms with Gasteiger partial charge in [-0.2, -0.15) is 0 Å². The van der Waals surface area contributed by atoms with Gasteiger partial charge in [0.15, 0.2) is 11.0 Å². The Labute approximate surface area is 151 Å². The van der Waals surface area contributed by atoms with Crippen molar-refractivity contribution in [1.29, 1.82) is 0 Å². The van der Waals surface area contributed by atoms with E-state index in [2.05, 4.69) is 20.8 Å². The predicted molar refractivity (Wildman–Crippen MR) is 98.2 cm³/mol. The molecule has 0 aliphatic carbocycles. The smallest absolute Gasteiger partial charge is 0.321 e. The number of hydrogen-bond donors (Lipinski definition) is 2. The molecule has 1 atom stereocenters. The standard InChI is InChI=1S/C17H23N5O2S/c1-11(14(23)18-15(24)19-17(2,3)4)25-16-21-20-13(22(16)5)12-9-7-6-8-10-12/h6-11H,1-5H3,(H2,18,19,23,24). The third-order valence-electron chi connectivity index (χ3n) is 3.24.